The van der Waals surface area contributed by atoms with Crippen molar-refractivity contribution in [2.24, 2.45) is 0 Å². The molecule has 21 heavy (non-hydrogen) atoms. The summed E-state index contributed by atoms with van der Waals surface area (Å²) in [5.74, 6) is 0.0585. The number of nitrogens with two attached hydrogens (primary N) is 1. The van der Waals surface area contributed by atoms with Gasteiger partial charge in [-0.3, -0.25) is 4.79 Å². The summed E-state index contributed by atoms with van der Waals surface area (Å²) in [6.07, 6.45) is 0. The average molecular weight is 288 g/mol. The number of rotatable bonds is 4. The van der Waals surface area contributed by atoms with Gasteiger partial charge in [-0.2, -0.15) is 0 Å². The molecule has 2 aromatic rings. The van der Waals surface area contributed by atoms with Crippen LogP contribution in [0, 0.1) is 5.82 Å². The Morgan fingerprint density at radius 2 is 1.90 bits per heavy atom. The van der Waals surface area contributed by atoms with Gasteiger partial charge in [-0.05, 0) is 35.9 Å². The highest BCUT2D eigenvalue weighted by molar-refractivity contribution is 5.99. The number of hydrogen-bond donors (Lipinski definition) is 1. The lowest BCUT2D eigenvalue weighted by atomic mass is 10.1. The standard InChI is InChI=1S/C16H17FN2O2/c1-19(10-11-3-5-12(17)6-4-11)16(20)14-9-13(21-2)7-8-15(14)18/h3-9H,10,18H2,1-2H3. The molecular formula is C16H17FN2O2. The van der Waals surface area contributed by atoms with Crippen LogP contribution < -0.4 is 10.5 Å². The van der Waals surface area contributed by atoms with Crippen molar-refractivity contribution in [1.29, 1.82) is 0 Å². The lowest BCUT2D eigenvalue weighted by molar-refractivity contribution is 0.0786. The van der Waals surface area contributed by atoms with Crippen LogP contribution in [0.5, 0.6) is 5.75 Å². The molecule has 0 unspecified atom stereocenters. The van der Waals surface area contributed by atoms with Gasteiger partial charge in [0.05, 0.1) is 12.7 Å². The summed E-state index contributed by atoms with van der Waals surface area (Å²) in [4.78, 5) is 13.9. The monoisotopic (exact) mass is 288 g/mol. The van der Waals surface area contributed by atoms with E-state index in [9.17, 15) is 9.18 Å². The SMILES string of the molecule is COc1ccc(N)c(C(=O)N(C)Cc2ccc(F)cc2)c1. The Bertz CT molecular complexity index is 641. The van der Waals surface area contributed by atoms with E-state index in [4.69, 9.17) is 10.5 Å². The molecule has 0 aliphatic rings. The maximum absolute atomic E-state index is 12.9. The molecule has 0 heterocycles. The van der Waals surface area contributed by atoms with Crippen LogP contribution in [0.2, 0.25) is 0 Å². The Kier molecular flexibility index (Phi) is 4.42. The van der Waals surface area contributed by atoms with Crippen molar-refractivity contribution in [3.8, 4) is 5.75 Å². The second-order valence-electron chi connectivity index (χ2n) is 4.74. The molecule has 5 heteroatoms. The summed E-state index contributed by atoms with van der Waals surface area (Å²) in [6.45, 7) is 0.371. The van der Waals surface area contributed by atoms with E-state index in [-0.39, 0.29) is 11.7 Å². The van der Waals surface area contributed by atoms with Crippen molar-refractivity contribution < 1.29 is 13.9 Å². The first-order valence-corrected chi connectivity index (χ1v) is 6.44. The van der Waals surface area contributed by atoms with E-state index >= 15 is 0 Å². The number of hydrogen-bond acceptors (Lipinski definition) is 3. The van der Waals surface area contributed by atoms with Gasteiger partial charge in [-0.15, -0.1) is 0 Å². The van der Waals surface area contributed by atoms with Gasteiger partial charge in [0.15, 0.2) is 0 Å². The lowest BCUT2D eigenvalue weighted by Crippen LogP contribution is -2.27. The van der Waals surface area contributed by atoms with Gasteiger partial charge in [0.25, 0.3) is 5.91 Å². The fourth-order valence-corrected chi connectivity index (χ4v) is 1.99. The maximum atomic E-state index is 12.9. The summed E-state index contributed by atoms with van der Waals surface area (Å²) in [5.41, 5.74) is 7.47. The summed E-state index contributed by atoms with van der Waals surface area (Å²) < 4.78 is 18.0. The Balaban J connectivity index is 2.17. The molecule has 0 bridgehead atoms. The second kappa shape index (κ2) is 6.26. The van der Waals surface area contributed by atoms with Gasteiger partial charge in [0.2, 0.25) is 0 Å². The molecule has 4 nitrogen and oxygen atoms in total. The zero-order valence-corrected chi connectivity index (χ0v) is 12.0. The molecule has 0 aliphatic carbocycles. The van der Waals surface area contributed by atoms with Crippen molar-refractivity contribution in [1.82, 2.24) is 4.90 Å². The van der Waals surface area contributed by atoms with Gasteiger partial charge in [-0.1, -0.05) is 12.1 Å². The number of carbonyl (C=O) groups is 1. The number of nitrogens with zero attached hydrogens (tertiary/aromatic N) is 1. The average Bonchev–Trinajstić information content (AvgIpc) is 2.49. The predicted molar refractivity (Wildman–Crippen MR) is 79.6 cm³/mol. The number of nitrogen functional groups attached to an aromatic ring is 1. The number of amides is 1. The predicted octanol–water partition coefficient (Wildman–Crippen LogP) is 2.69. The van der Waals surface area contributed by atoms with Crippen LogP contribution >= 0.6 is 0 Å². The van der Waals surface area contributed by atoms with E-state index < -0.39 is 0 Å². The van der Waals surface area contributed by atoms with Gasteiger partial charge in [0, 0.05) is 19.3 Å². The highest BCUT2D eigenvalue weighted by Crippen LogP contribution is 2.21. The molecule has 0 aliphatic heterocycles. The summed E-state index contributed by atoms with van der Waals surface area (Å²) in [6, 6.07) is 11.0. The first-order chi connectivity index (χ1) is 10.0. The van der Waals surface area contributed by atoms with Crippen molar-refractivity contribution in [2.75, 3.05) is 19.9 Å². The Morgan fingerprint density at radius 1 is 1.24 bits per heavy atom. The van der Waals surface area contributed by atoms with E-state index in [0.717, 1.165) is 5.56 Å². The van der Waals surface area contributed by atoms with Crippen molar-refractivity contribution in [2.45, 2.75) is 6.54 Å². The number of carbonyl (C=O) groups excluding carboxylic acids is 1. The minimum absolute atomic E-state index is 0.212. The van der Waals surface area contributed by atoms with Crippen LogP contribution in [0.1, 0.15) is 15.9 Å². The third kappa shape index (κ3) is 3.51. The molecule has 0 fully saturated rings. The quantitative estimate of drug-likeness (QED) is 0.880. The smallest absolute Gasteiger partial charge is 0.256 e. The molecule has 2 aromatic carbocycles. The van der Waals surface area contributed by atoms with E-state index in [0.29, 0.717) is 23.5 Å². The van der Waals surface area contributed by atoms with Crippen LogP contribution in [-0.4, -0.2) is 25.0 Å². The minimum atomic E-state index is -0.301. The molecule has 0 spiro atoms. The summed E-state index contributed by atoms with van der Waals surface area (Å²) in [5, 5.41) is 0. The third-order valence-corrected chi connectivity index (χ3v) is 3.17. The zero-order chi connectivity index (χ0) is 15.4. The molecule has 2 N–H and O–H groups in total. The Morgan fingerprint density at radius 3 is 2.52 bits per heavy atom. The fraction of sp³-hybridized carbons (Fsp3) is 0.188. The highest BCUT2D eigenvalue weighted by Gasteiger charge is 2.16. The zero-order valence-electron chi connectivity index (χ0n) is 12.0. The molecule has 0 saturated heterocycles. The lowest BCUT2D eigenvalue weighted by Gasteiger charge is -2.18. The largest absolute Gasteiger partial charge is 0.497 e. The van der Waals surface area contributed by atoms with Gasteiger partial charge in [-0.25, -0.2) is 4.39 Å². The van der Waals surface area contributed by atoms with Gasteiger partial charge >= 0.3 is 0 Å². The van der Waals surface area contributed by atoms with E-state index in [1.807, 2.05) is 0 Å². The van der Waals surface area contributed by atoms with Crippen LogP contribution in [0.25, 0.3) is 0 Å². The number of anilines is 1. The normalized spacial score (nSPS) is 10.2. The number of halogens is 1. The van der Waals surface area contributed by atoms with Crippen LogP contribution in [0.15, 0.2) is 42.5 Å². The molecule has 0 aromatic heterocycles. The first kappa shape index (κ1) is 14.8. The maximum Gasteiger partial charge on any atom is 0.256 e. The van der Waals surface area contributed by atoms with Crippen LogP contribution in [0.4, 0.5) is 10.1 Å². The Labute approximate surface area is 122 Å². The highest BCUT2D eigenvalue weighted by atomic mass is 19.1. The molecule has 110 valence electrons. The van der Waals surface area contributed by atoms with Crippen molar-refractivity contribution in [3.63, 3.8) is 0 Å². The topological polar surface area (TPSA) is 55.6 Å². The van der Waals surface area contributed by atoms with Crippen LogP contribution in [0.3, 0.4) is 0 Å². The number of benzene rings is 2. The Hall–Kier alpha value is -2.56. The second-order valence-corrected chi connectivity index (χ2v) is 4.74. The van der Waals surface area contributed by atoms with E-state index in [1.54, 1.807) is 37.4 Å². The number of methoxy groups -OCH3 is 1. The minimum Gasteiger partial charge on any atom is -0.497 e. The molecule has 2 rings (SSSR count). The van der Waals surface area contributed by atoms with Gasteiger partial charge < -0.3 is 15.4 Å². The number of ether oxygens (including phenoxy) is 1. The van der Waals surface area contributed by atoms with E-state index in [1.165, 1.54) is 24.1 Å². The van der Waals surface area contributed by atoms with Crippen molar-refractivity contribution >= 4 is 11.6 Å². The van der Waals surface area contributed by atoms with Crippen molar-refractivity contribution in [3.05, 3.63) is 59.4 Å². The first-order valence-electron chi connectivity index (χ1n) is 6.44. The summed E-state index contributed by atoms with van der Waals surface area (Å²) >= 11 is 0. The molecule has 1 amide bonds. The fourth-order valence-electron chi connectivity index (χ4n) is 1.99. The van der Waals surface area contributed by atoms with E-state index in [2.05, 4.69) is 0 Å². The molecular weight excluding hydrogens is 271 g/mol. The third-order valence-electron chi connectivity index (χ3n) is 3.17. The molecule has 0 atom stereocenters. The molecule has 0 radical (unpaired) electrons. The van der Waals surface area contributed by atoms with Gasteiger partial charge in [0.1, 0.15) is 11.6 Å². The summed E-state index contributed by atoms with van der Waals surface area (Å²) in [7, 11) is 3.20. The molecule has 0 saturated carbocycles. The van der Waals surface area contributed by atoms with Crippen LogP contribution in [-0.2, 0) is 6.54 Å².